The van der Waals surface area contributed by atoms with Gasteiger partial charge in [-0.25, -0.2) is 17.9 Å². The first-order chi connectivity index (χ1) is 16.2. The van der Waals surface area contributed by atoms with E-state index in [2.05, 4.69) is 10.5 Å². The van der Waals surface area contributed by atoms with Gasteiger partial charge in [-0.2, -0.15) is 5.10 Å². The summed E-state index contributed by atoms with van der Waals surface area (Å²) in [5.74, 6) is -1.45. The molecule has 4 aromatic rings. The predicted octanol–water partition coefficient (Wildman–Crippen LogP) is 1.65. The Balaban J connectivity index is 1.62. The molecule has 0 unspecified atom stereocenters. The fourth-order valence-corrected chi connectivity index (χ4v) is 4.43. The van der Waals surface area contributed by atoms with Crippen molar-refractivity contribution in [2.45, 2.75) is 37.6 Å². The first-order valence-electron chi connectivity index (χ1n) is 10.6. The predicted molar refractivity (Wildman–Crippen MR) is 125 cm³/mol. The second kappa shape index (κ2) is 9.23. The van der Waals surface area contributed by atoms with Crippen LogP contribution in [0.25, 0.3) is 21.9 Å². The number of benzene rings is 2. The summed E-state index contributed by atoms with van der Waals surface area (Å²) < 4.78 is 33.0. The van der Waals surface area contributed by atoms with Gasteiger partial charge in [0.15, 0.2) is 11.3 Å². The van der Waals surface area contributed by atoms with Crippen molar-refractivity contribution in [1.82, 2.24) is 24.6 Å². The molecule has 0 bridgehead atoms. The third kappa shape index (κ3) is 4.37. The van der Waals surface area contributed by atoms with E-state index in [1.807, 2.05) is 11.8 Å². The average Bonchev–Trinajstić information content (AvgIpc) is 3.12. The van der Waals surface area contributed by atoms with Crippen molar-refractivity contribution in [3.8, 4) is 0 Å². The number of rotatable bonds is 8. The number of carbonyl (C=O) groups is 1. The number of sulfonamides is 1. The highest BCUT2D eigenvalue weighted by molar-refractivity contribution is 7.89. The highest BCUT2D eigenvalue weighted by Gasteiger charge is 2.21. The van der Waals surface area contributed by atoms with Gasteiger partial charge in [0.1, 0.15) is 0 Å². The molecule has 2 aromatic heterocycles. The van der Waals surface area contributed by atoms with Crippen LogP contribution in [-0.2, 0) is 23.6 Å². The molecule has 0 saturated heterocycles. The SMILES string of the molecule is CCCCCn1nc(C(=O)NNS(=O)(=O)c2ccc3c(c2)oc(=O)n3C)c2ccccc2c1=O. The fraction of sp³-hybridized carbons (Fsp3) is 0.273. The van der Waals surface area contributed by atoms with Crippen LogP contribution in [0.1, 0.15) is 36.7 Å². The monoisotopic (exact) mass is 485 g/mol. The molecule has 0 fully saturated rings. The van der Waals surface area contributed by atoms with Crippen molar-refractivity contribution in [2.75, 3.05) is 0 Å². The lowest BCUT2D eigenvalue weighted by atomic mass is 10.1. The molecule has 2 aromatic carbocycles. The molecule has 4 rings (SSSR count). The van der Waals surface area contributed by atoms with E-state index in [0.29, 0.717) is 29.3 Å². The summed E-state index contributed by atoms with van der Waals surface area (Å²) in [7, 11) is -2.70. The quantitative estimate of drug-likeness (QED) is 0.285. The van der Waals surface area contributed by atoms with Crippen LogP contribution >= 0.6 is 0 Å². The van der Waals surface area contributed by atoms with Gasteiger partial charge in [0.2, 0.25) is 0 Å². The molecule has 2 N–H and O–H groups in total. The van der Waals surface area contributed by atoms with Crippen LogP contribution < -0.4 is 21.6 Å². The summed E-state index contributed by atoms with van der Waals surface area (Å²) in [6, 6.07) is 10.4. The molecule has 0 aliphatic rings. The first kappa shape index (κ1) is 23.4. The average molecular weight is 486 g/mol. The summed E-state index contributed by atoms with van der Waals surface area (Å²) in [6.45, 7) is 2.37. The largest absolute Gasteiger partial charge is 0.419 e. The van der Waals surface area contributed by atoms with E-state index in [1.165, 1.54) is 34.5 Å². The highest BCUT2D eigenvalue weighted by Crippen LogP contribution is 2.18. The van der Waals surface area contributed by atoms with E-state index in [0.717, 1.165) is 12.8 Å². The van der Waals surface area contributed by atoms with Crippen molar-refractivity contribution in [3.63, 3.8) is 0 Å². The lowest BCUT2D eigenvalue weighted by molar-refractivity contribution is 0.0939. The van der Waals surface area contributed by atoms with Crippen LogP contribution in [0.4, 0.5) is 0 Å². The number of carbonyl (C=O) groups excluding carboxylic acids is 1. The topological polar surface area (TPSA) is 145 Å². The van der Waals surface area contributed by atoms with E-state index in [-0.39, 0.29) is 21.7 Å². The fourth-order valence-electron chi connectivity index (χ4n) is 3.58. The maximum atomic E-state index is 12.9. The lowest BCUT2D eigenvalue weighted by Crippen LogP contribution is -2.42. The second-order valence-corrected chi connectivity index (χ2v) is 9.43. The Morgan fingerprint density at radius 3 is 2.56 bits per heavy atom. The van der Waals surface area contributed by atoms with Crippen molar-refractivity contribution in [2.24, 2.45) is 7.05 Å². The molecule has 11 nitrogen and oxygen atoms in total. The second-order valence-electron chi connectivity index (χ2n) is 7.75. The van der Waals surface area contributed by atoms with Crippen molar-refractivity contribution in [1.29, 1.82) is 0 Å². The molecule has 2 heterocycles. The Hall–Kier alpha value is -3.77. The minimum absolute atomic E-state index is 0.0843. The Morgan fingerprint density at radius 1 is 1.09 bits per heavy atom. The van der Waals surface area contributed by atoms with Crippen LogP contribution in [0.3, 0.4) is 0 Å². The number of hydrogen-bond acceptors (Lipinski definition) is 7. The molecule has 0 atom stereocenters. The third-order valence-corrected chi connectivity index (χ3v) is 6.67. The third-order valence-electron chi connectivity index (χ3n) is 5.43. The number of amides is 1. The number of hydrogen-bond donors (Lipinski definition) is 2. The van der Waals surface area contributed by atoms with Crippen LogP contribution in [0, 0.1) is 0 Å². The Morgan fingerprint density at radius 2 is 1.82 bits per heavy atom. The van der Waals surface area contributed by atoms with Crippen molar-refractivity contribution >= 4 is 37.8 Å². The number of nitrogens with one attached hydrogen (secondary N) is 2. The van der Waals surface area contributed by atoms with Gasteiger partial charge in [0.05, 0.1) is 15.8 Å². The number of aryl methyl sites for hydroxylation is 2. The number of nitrogens with zero attached hydrogens (tertiary/aromatic N) is 3. The van der Waals surface area contributed by atoms with Gasteiger partial charge in [0.25, 0.3) is 21.5 Å². The van der Waals surface area contributed by atoms with E-state index in [1.54, 1.807) is 24.3 Å². The zero-order valence-electron chi connectivity index (χ0n) is 18.6. The first-order valence-corrected chi connectivity index (χ1v) is 12.1. The summed E-state index contributed by atoms with van der Waals surface area (Å²) in [5, 5.41) is 4.82. The smallest absolute Gasteiger partial charge is 0.408 e. The summed E-state index contributed by atoms with van der Waals surface area (Å²) >= 11 is 0. The van der Waals surface area contributed by atoms with Gasteiger partial charge in [-0.3, -0.25) is 19.6 Å². The van der Waals surface area contributed by atoms with Gasteiger partial charge in [0, 0.05) is 25.0 Å². The number of fused-ring (bicyclic) bond motifs is 2. The zero-order chi connectivity index (χ0) is 24.5. The minimum atomic E-state index is -4.20. The van der Waals surface area contributed by atoms with E-state index < -0.39 is 21.7 Å². The van der Waals surface area contributed by atoms with E-state index >= 15 is 0 Å². The molecular formula is C22H23N5O6S. The van der Waals surface area contributed by atoms with Crippen molar-refractivity contribution < 1.29 is 17.6 Å². The maximum absolute atomic E-state index is 12.9. The standard InChI is InChI=1S/C22H23N5O6S/c1-3-4-7-12-27-21(29)16-9-6-5-8-15(16)19(24-27)20(28)23-25-34(31,32)14-10-11-17-18(13-14)33-22(30)26(17)2/h5-6,8-11,13,25H,3-4,7,12H2,1-2H3,(H,23,28). The van der Waals surface area contributed by atoms with Gasteiger partial charge < -0.3 is 4.42 Å². The lowest BCUT2D eigenvalue weighted by Gasteiger charge is -2.12. The number of unbranched alkanes of at least 4 members (excludes halogenated alkanes) is 2. The highest BCUT2D eigenvalue weighted by atomic mass is 32.2. The number of aromatic nitrogens is 3. The number of hydrazine groups is 1. The molecule has 0 aliphatic heterocycles. The number of oxazole rings is 1. The van der Waals surface area contributed by atoms with Crippen LogP contribution in [0.2, 0.25) is 0 Å². The Labute approximate surface area is 194 Å². The molecule has 0 saturated carbocycles. The summed E-state index contributed by atoms with van der Waals surface area (Å²) in [4.78, 5) is 39.1. The van der Waals surface area contributed by atoms with Crippen LogP contribution in [0.15, 0.2) is 61.4 Å². The normalized spacial score (nSPS) is 11.8. The summed E-state index contributed by atoms with van der Waals surface area (Å²) in [6.07, 6.45) is 2.57. The molecule has 34 heavy (non-hydrogen) atoms. The van der Waals surface area contributed by atoms with Gasteiger partial charge in [-0.15, -0.1) is 4.83 Å². The van der Waals surface area contributed by atoms with Crippen LogP contribution in [-0.4, -0.2) is 28.7 Å². The molecule has 0 spiro atoms. The minimum Gasteiger partial charge on any atom is -0.408 e. The molecule has 178 valence electrons. The van der Waals surface area contributed by atoms with Crippen LogP contribution in [0.5, 0.6) is 0 Å². The van der Waals surface area contributed by atoms with Crippen molar-refractivity contribution in [3.05, 3.63) is 69.1 Å². The van der Waals surface area contributed by atoms with E-state index in [4.69, 9.17) is 4.42 Å². The van der Waals surface area contributed by atoms with Gasteiger partial charge in [-0.1, -0.05) is 38.0 Å². The summed E-state index contributed by atoms with van der Waals surface area (Å²) in [5.41, 5.74) is 2.27. The van der Waals surface area contributed by atoms with Gasteiger partial charge >= 0.3 is 5.76 Å². The Bertz CT molecular complexity index is 1620. The Kier molecular flexibility index (Phi) is 6.35. The van der Waals surface area contributed by atoms with E-state index in [9.17, 15) is 22.8 Å². The molecule has 1 amide bonds. The molecule has 0 radical (unpaired) electrons. The molecule has 12 heteroatoms. The maximum Gasteiger partial charge on any atom is 0.419 e. The zero-order valence-corrected chi connectivity index (χ0v) is 19.4. The molecular weight excluding hydrogens is 462 g/mol. The van der Waals surface area contributed by atoms with Gasteiger partial charge in [-0.05, 0) is 24.6 Å². The molecule has 0 aliphatic carbocycles.